The Labute approximate surface area is 312 Å². The van der Waals surface area contributed by atoms with Crippen LogP contribution in [0.15, 0.2) is 36.5 Å². The number of carbonyl (C=O) groups is 2. The van der Waals surface area contributed by atoms with E-state index in [4.69, 9.17) is 18.5 Å². The molecule has 0 aromatic heterocycles. The van der Waals surface area contributed by atoms with Gasteiger partial charge in [0.2, 0.25) is 0 Å². The lowest BCUT2D eigenvalue weighted by atomic mass is 10.0. The lowest BCUT2D eigenvalue weighted by Gasteiger charge is -2.24. The standard InChI is InChI=1S/C41H76NO8P/c1-6-8-10-12-14-16-18-20-21-22-24-26-28-30-32-34-41(44)50-39(38-49-51(45,46)48-36-35-42(3,4)5)37-47-40(43)33-31-29-27-25-23-19-17-15-13-11-9-7-2/h14,16,20-21,24,26,39H,6-13,15,17-19,22-23,25,27-38H2,1-5H3/p+1/b16-14+,21-20+,26-24+/t39-/m1/s1. The highest BCUT2D eigenvalue weighted by Crippen LogP contribution is 2.43. The summed E-state index contributed by atoms with van der Waals surface area (Å²) in [7, 11) is 1.45. The van der Waals surface area contributed by atoms with Crippen molar-refractivity contribution in [1.29, 1.82) is 0 Å². The highest BCUT2D eigenvalue weighted by molar-refractivity contribution is 7.47. The molecule has 0 rings (SSSR count). The average molecular weight is 743 g/mol. The molecule has 9 nitrogen and oxygen atoms in total. The normalized spacial score (nSPS) is 14.1. The van der Waals surface area contributed by atoms with Gasteiger partial charge >= 0.3 is 19.8 Å². The maximum Gasteiger partial charge on any atom is 0.472 e. The van der Waals surface area contributed by atoms with Gasteiger partial charge < -0.3 is 18.9 Å². The number of carbonyl (C=O) groups excluding carboxylic acids is 2. The fraction of sp³-hybridized carbons (Fsp3) is 0.805. The predicted octanol–water partition coefficient (Wildman–Crippen LogP) is 11.0. The van der Waals surface area contributed by atoms with Crippen molar-refractivity contribution >= 4 is 19.8 Å². The van der Waals surface area contributed by atoms with Crippen molar-refractivity contribution in [2.24, 2.45) is 0 Å². The molecule has 0 spiro atoms. The Balaban J connectivity index is 4.49. The number of allylic oxidation sites excluding steroid dienone is 6. The van der Waals surface area contributed by atoms with Crippen LogP contribution in [0.5, 0.6) is 0 Å². The van der Waals surface area contributed by atoms with E-state index < -0.39 is 26.5 Å². The number of hydrogen-bond donors (Lipinski definition) is 1. The summed E-state index contributed by atoms with van der Waals surface area (Å²) in [6.45, 7) is 4.33. The molecule has 0 aromatic carbocycles. The van der Waals surface area contributed by atoms with Crippen molar-refractivity contribution in [3.05, 3.63) is 36.5 Å². The molecule has 0 aromatic rings. The van der Waals surface area contributed by atoms with Crippen LogP contribution >= 0.6 is 7.82 Å². The lowest BCUT2D eigenvalue weighted by molar-refractivity contribution is -0.870. The molecular formula is C41H77NO8P+. The molecule has 1 unspecified atom stereocenters. The molecule has 51 heavy (non-hydrogen) atoms. The van der Waals surface area contributed by atoms with Crippen LogP contribution in [0.2, 0.25) is 0 Å². The Kier molecular flexibility index (Phi) is 32.8. The zero-order valence-electron chi connectivity index (χ0n) is 33.3. The van der Waals surface area contributed by atoms with Crippen molar-refractivity contribution in [2.45, 2.75) is 168 Å². The van der Waals surface area contributed by atoms with Gasteiger partial charge in [0.05, 0.1) is 27.7 Å². The first-order valence-electron chi connectivity index (χ1n) is 20.2. The van der Waals surface area contributed by atoms with Gasteiger partial charge in [-0.25, -0.2) is 4.57 Å². The molecule has 0 radical (unpaired) electrons. The van der Waals surface area contributed by atoms with Gasteiger partial charge in [-0.1, -0.05) is 134 Å². The topological polar surface area (TPSA) is 108 Å². The summed E-state index contributed by atoms with van der Waals surface area (Å²) in [5.74, 6) is -0.844. The fourth-order valence-corrected chi connectivity index (χ4v) is 5.94. The molecule has 2 atom stereocenters. The van der Waals surface area contributed by atoms with E-state index in [1.807, 2.05) is 21.1 Å². The predicted molar refractivity (Wildman–Crippen MR) is 210 cm³/mol. The Morgan fingerprint density at radius 3 is 1.61 bits per heavy atom. The molecule has 10 heteroatoms. The van der Waals surface area contributed by atoms with Crippen molar-refractivity contribution in [2.75, 3.05) is 47.5 Å². The first kappa shape index (κ1) is 49.2. The maximum absolute atomic E-state index is 12.6. The molecule has 0 amide bonds. The summed E-state index contributed by atoms with van der Waals surface area (Å²) in [6, 6.07) is 0. The Morgan fingerprint density at radius 1 is 0.608 bits per heavy atom. The van der Waals surface area contributed by atoms with Crippen LogP contribution in [0.1, 0.15) is 162 Å². The van der Waals surface area contributed by atoms with E-state index in [9.17, 15) is 19.0 Å². The lowest BCUT2D eigenvalue weighted by Crippen LogP contribution is -2.37. The van der Waals surface area contributed by atoms with Crippen LogP contribution in [0.3, 0.4) is 0 Å². The number of quaternary nitrogens is 1. The van der Waals surface area contributed by atoms with E-state index in [0.717, 1.165) is 51.4 Å². The van der Waals surface area contributed by atoms with Crippen LogP contribution in [0.4, 0.5) is 0 Å². The molecule has 0 aliphatic heterocycles. The van der Waals surface area contributed by atoms with Crippen molar-refractivity contribution in [3.8, 4) is 0 Å². The van der Waals surface area contributed by atoms with Crippen LogP contribution in [-0.2, 0) is 32.7 Å². The summed E-state index contributed by atoms with van der Waals surface area (Å²) < 4.78 is 34.1. The monoisotopic (exact) mass is 743 g/mol. The molecule has 0 bridgehead atoms. The second kappa shape index (κ2) is 34.0. The third-order valence-corrected chi connectivity index (χ3v) is 9.41. The molecular weight excluding hydrogens is 665 g/mol. The van der Waals surface area contributed by atoms with E-state index in [2.05, 4.69) is 50.3 Å². The number of phosphoric acid groups is 1. The molecule has 1 N–H and O–H groups in total. The second-order valence-electron chi connectivity index (χ2n) is 14.7. The van der Waals surface area contributed by atoms with E-state index >= 15 is 0 Å². The summed E-state index contributed by atoms with van der Waals surface area (Å²) >= 11 is 0. The van der Waals surface area contributed by atoms with Gasteiger partial charge in [0.25, 0.3) is 0 Å². The zero-order chi connectivity index (χ0) is 37.9. The highest BCUT2D eigenvalue weighted by atomic mass is 31.2. The van der Waals surface area contributed by atoms with Crippen molar-refractivity contribution in [1.82, 2.24) is 0 Å². The van der Waals surface area contributed by atoms with E-state index in [1.165, 1.54) is 77.0 Å². The Morgan fingerprint density at radius 2 is 1.06 bits per heavy atom. The van der Waals surface area contributed by atoms with Crippen LogP contribution in [0, 0.1) is 0 Å². The van der Waals surface area contributed by atoms with Gasteiger partial charge in [-0.05, 0) is 51.4 Å². The van der Waals surface area contributed by atoms with Gasteiger partial charge in [0.15, 0.2) is 6.10 Å². The largest absolute Gasteiger partial charge is 0.472 e. The fourth-order valence-electron chi connectivity index (χ4n) is 5.20. The molecule has 0 saturated heterocycles. The number of rotatable bonds is 36. The molecule has 0 saturated carbocycles. The number of phosphoric ester groups is 1. The van der Waals surface area contributed by atoms with Crippen molar-refractivity contribution in [3.63, 3.8) is 0 Å². The van der Waals surface area contributed by atoms with Crippen LogP contribution in [0.25, 0.3) is 0 Å². The summed E-state index contributed by atoms with van der Waals surface area (Å²) in [6.07, 6.45) is 36.2. The van der Waals surface area contributed by atoms with Crippen LogP contribution < -0.4 is 0 Å². The number of unbranched alkanes of at least 4 members (excludes halogenated alkanes) is 16. The first-order chi connectivity index (χ1) is 24.5. The summed E-state index contributed by atoms with van der Waals surface area (Å²) in [5.41, 5.74) is 0. The van der Waals surface area contributed by atoms with E-state index in [-0.39, 0.29) is 32.0 Å². The van der Waals surface area contributed by atoms with Gasteiger partial charge in [-0.2, -0.15) is 0 Å². The van der Waals surface area contributed by atoms with E-state index in [1.54, 1.807) is 0 Å². The minimum absolute atomic E-state index is 0.0248. The SMILES string of the molecule is CCCCC/C=C/C/C=C/C/C=C/CCCCC(=O)O[C@H](COC(=O)CCCCCCCCCCCCCC)COP(=O)(O)OCC[N+](C)(C)C. The molecule has 0 fully saturated rings. The third kappa shape index (κ3) is 37.8. The number of ether oxygens (including phenoxy) is 2. The maximum atomic E-state index is 12.6. The Bertz CT molecular complexity index is 975. The summed E-state index contributed by atoms with van der Waals surface area (Å²) in [4.78, 5) is 35.2. The first-order valence-corrected chi connectivity index (χ1v) is 21.7. The second-order valence-corrected chi connectivity index (χ2v) is 16.1. The smallest absolute Gasteiger partial charge is 0.462 e. The number of nitrogens with zero attached hydrogens (tertiary/aromatic N) is 1. The van der Waals surface area contributed by atoms with E-state index in [0.29, 0.717) is 17.4 Å². The third-order valence-electron chi connectivity index (χ3n) is 8.42. The van der Waals surface area contributed by atoms with Gasteiger partial charge in [0, 0.05) is 12.8 Å². The van der Waals surface area contributed by atoms with Crippen molar-refractivity contribution < 1.29 is 42.1 Å². The minimum atomic E-state index is -4.38. The number of esters is 2. The molecule has 0 aliphatic carbocycles. The molecule has 0 heterocycles. The molecule has 0 aliphatic rings. The van der Waals surface area contributed by atoms with Gasteiger partial charge in [0.1, 0.15) is 19.8 Å². The Hall–Kier alpha value is -1.77. The average Bonchev–Trinajstić information content (AvgIpc) is 3.07. The number of likely N-dealkylation sites (N-methyl/N-ethyl adjacent to an activating group) is 1. The van der Waals surface area contributed by atoms with Gasteiger partial charge in [-0.15, -0.1) is 0 Å². The quantitative estimate of drug-likeness (QED) is 0.0222. The zero-order valence-corrected chi connectivity index (χ0v) is 34.2. The van der Waals surface area contributed by atoms with Gasteiger partial charge in [-0.3, -0.25) is 18.6 Å². The van der Waals surface area contributed by atoms with Crippen LogP contribution in [-0.4, -0.2) is 74.9 Å². The number of hydrogen-bond acceptors (Lipinski definition) is 7. The summed E-state index contributed by atoms with van der Waals surface area (Å²) in [5, 5.41) is 0. The minimum Gasteiger partial charge on any atom is -0.462 e. The molecule has 298 valence electrons. The highest BCUT2D eigenvalue weighted by Gasteiger charge is 2.27.